The summed E-state index contributed by atoms with van der Waals surface area (Å²) in [6, 6.07) is 11.6. The standard InChI is InChI=1S/C20H19F2NO3/c21-17-7-5-14(6-8-17)19(24)23-11-9-15(10-12-23)20(25)26-13-16-3-1-2-4-18(16)22/h1-8,15H,9-13H2. The summed E-state index contributed by atoms with van der Waals surface area (Å²) in [5.41, 5.74) is 0.761. The topological polar surface area (TPSA) is 46.6 Å². The second-order valence-corrected chi connectivity index (χ2v) is 6.27. The number of halogens is 2. The monoisotopic (exact) mass is 359 g/mol. The molecule has 0 aromatic heterocycles. The van der Waals surface area contributed by atoms with E-state index in [0.717, 1.165) is 0 Å². The van der Waals surface area contributed by atoms with Gasteiger partial charge in [0, 0.05) is 24.2 Å². The molecule has 1 saturated heterocycles. The van der Waals surface area contributed by atoms with Crippen molar-refractivity contribution in [3.05, 3.63) is 71.3 Å². The maximum Gasteiger partial charge on any atom is 0.309 e. The highest BCUT2D eigenvalue weighted by Crippen LogP contribution is 2.21. The van der Waals surface area contributed by atoms with Crippen molar-refractivity contribution in [2.45, 2.75) is 19.4 Å². The van der Waals surface area contributed by atoms with Crippen molar-refractivity contribution in [2.75, 3.05) is 13.1 Å². The molecular weight excluding hydrogens is 340 g/mol. The van der Waals surface area contributed by atoms with Crippen LogP contribution in [0.3, 0.4) is 0 Å². The lowest BCUT2D eigenvalue weighted by atomic mass is 9.96. The van der Waals surface area contributed by atoms with Gasteiger partial charge >= 0.3 is 5.97 Å². The van der Waals surface area contributed by atoms with Gasteiger partial charge in [-0.2, -0.15) is 0 Å². The summed E-state index contributed by atoms with van der Waals surface area (Å²) in [4.78, 5) is 26.2. The number of rotatable bonds is 4. The molecule has 1 aliphatic heterocycles. The van der Waals surface area contributed by atoms with Gasteiger partial charge in [0.25, 0.3) is 5.91 Å². The van der Waals surface area contributed by atoms with Gasteiger partial charge in [0.2, 0.25) is 0 Å². The third kappa shape index (κ3) is 4.25. The number of benzene rings is 2. The van der Waals surface area contributed by atoms with Gasteiger partial charge in [-0.25, -0.2) is 8.78 Å². The van der Waals surface area contributed by atoms with E-state index in [2.05, 4.69) is 0 Å². The molecule has 136 valence electrons. The van der Waals surface area contributed by atoms with E-state index in [4.69, 9.17) is 4.74 Å². The average molecular weight is 359 g/mol. The number of piperidine rings is 1. The summed E-state index contributed by atoms with van der Waals surface area (Å²) in [5, 5.41) is 0. The maximum absolute atomic E-state index is 13.5. The van der Waals surface area contributed by atoms with E-state index in [0.29, 0.717) is 37.1 Å². The van der Waals surface area contributed by atoms with Crippen molar-refractivity contribution in [1.82, 2.24) is 4.90 Å². The van der Waals surface area contributed by atoms with Crippen LogP contribution in [-0.4, -0.2) is 29.9 Å². The fraction of sp³-hybridized carbons (Fsp3) is 0.300. The fourth-order valence-corrected chi connectivity index (χ4v) is 2.98. The number of carbonyl (C=O) groups is 2. The van der Waals surface area contributed by atoms with Gasteiger partial charge in [-0.3, -0.25) is 9.59 Å². The van der Waals surface area contributed by atoms with Gasteiger partial charge in [0.15, 0.2) is 0 Å². The number of amides is 1. The summed E-state index contributed by atoms with van der Waals surface area (Å²) in [6.07, 6.45) is 0.978. The first kappa shape index (κ1) is 18.0. The minimum Gasteiger partial charge on any atom is -0.460 e. The van der Waals surface area contributed by atoms with Gasteiger partial charge in [-0.05, 0) is 43.2 Å². The molecule has 3 rings (SSSR count). The molecule has 0 N–H and O–H groups in total. The van der Waals surface area contributed by atoms with Crippen LogP contribution < -0.4 is 0 Å². The quantitative estimate of drug-likeness (QED) is 0.784. The predicted octanol–water partition coefficient (Wildman–Crippen LogP) is 3.56. The van der Waals surface area contributed by atoms with Gasteiger partial charge in [-0.1, -0.05) is 18.2 Å². The Balaban J connectivity index is 1.50. The molecule has 4 nitrogen and oxygen atoms in total. The molecule has 0 aliphatic carbocycles. The lowest BCUT2D eigenvalue weighted by molar-refractivity contribution is -0.151. The molecule has 1 amide bonds. The fourth-order valence-electron chi connectivity index (χ4n) is 2.98. The van der Waals surface area contributed by atoms with Crippen LogP contribution in [-0.2, 0) is 16.1 Å². The van der Waals surface area contributed by atoms with Crippen molar-refractivity contribution in [1.29, 1.82) is 0 Å². The third-order valence-corrected chi connectivity index (χ3v) is 4.53. The molecule has 1 fully saturated rings. The molecule has 0 saturated carbocycles. The van der Waals surface area contributed by atoms with E-state index in [1.807, 2.05) is 0 Å². The highest BCUT2D eigenvalue weighted by molar-refractivity contribution is 5.94. The summed E-state index contributed by atoms with van der Waals surface area (Å²) in [6.45, 7) is 0.756. The summed E-state index contributed by atoms with van der Waals surface area (Å²) >= 11 is 0. The highest BCUT2D eigenvalue weighted by atomic mass is 19.1. The van der Waals surface area contributed by atoms with E-state index in [9.17, 15) is 18.4 Å². The first-order valence-corrected chi connectivity index (χ1v) is 8.49. The highest BCUT2D eigenvalue weighted by Gasteiger charge is 2.29. The Morgan fingerprint density at radius 1 is 1.00 bits per heavy atom. The smallest absolute Gasteiger partial charge is 0.309 e. The Hall–Kier alpha value is -2.76. The maximum atomic E-state index is 13.5. The number of nitrogens with zero attached hydrogens (tertiary/aromatic N) is 1. The van der Waals surface area contributed by atoms with Crippen LogP contribution in [0.25, 0.3) is 0 Å². The predicted molar refractivity (Wildman–Crippen MR) is 91.2 cm³/mol. The third-order valence-electron chi connectivity index (χ3n) is 4.53. The van der Waals surface area contributed by atoms with Crippen LogP contribution in [0.2, 0.25) is 0 Å². The molecule has 0 bridgehead atoms. The summed E-state index contributed by atoms with van der Waals surface area (Å²) in [7, 11) is 0. The zero-order valence-corrected chi connectivity index (χ0v) is 14.2. The van der Waals surface area contributed by atoms with Crippen molar-refractivity contribution in [3.8, 4) is 0 Å². The van der Waals surface area contributed by atoms with Gasteiger partial charge in [-0.15, -0.1) is 0 Å². The average Bonchev–Trinajstić information content (AvgIpc) is 2.67. The van der Waals surface area contributed by atoms with Gasteiger partial charge in [0.05, 0.1) is 5.92 Å². The number of ether oxygens (including phenoxy) is 1. The Bertz CT molecular complexity index is 784. The Morgan fingerprint density at radius 3 is 2.31 bits per heavy atom. The molecular formula is C20H19F2NO3. The molecule has 1 aliphatic rings. The normalized spacial score (nSPS) is 14.9. The zero-order chi connectivity index (χ0) is 18.5. The molecule has 0 spiro atoms. The SMILES string of the molecule is O=C(OCc1ccccc1F)C1CCN(C(=O)c2ccc(F)cc2)CC1. The van der Waals surface area contributed by atoms with E-state index < -0.39 is 11.6 Å². The van der Waals surface area contributed by atoms with Crippen LogP contribution in [0.1, 0.15) is 28.8 Å². The molecule has 26 heavy (non-hydrogen) atoms. The number of carbonyl (C=O) groups excluding carboxylic acids is 2. The summed E-state index contributed by atoms with van der Waals surface area (Å²) in [5.74, 6) is -1.65. The largest absolute Gasteiger partial charge is 0.460 e. The van der Waals surface area contributed by atoms with Crippen molar-refractivity contribution < 1.29 is 23.1 Å². The van der Waals surface area contributed by atoms with Crippen LogP contribution in [0.5, 0.6) is 0 Å². The van der Waals surface area contributed by atoms with Gasteiger partial charge < -0.3 is 9.64 Å². The molecule has 1 heterocycles. The Labute approximate surface area is 150 Å². The van der Waals surface area contributed by atoms with E-state index >= 15 is 0 Å². The first-order valence-electron chi connectivity index (χ1n) is 8.49. The zero-order valence-electron chi connectivity index (χ0n) is 14.2. The van der Waals surface area contributed by atoms with Crippen molar-refractivity contribution in [3.63, 3.8) is 0 Å². The minimum absolute atomic E-state index is 0.0970. The van der Waals surface area contributed by atoms with E-state index in [1.54, 1.807) is 23.1 Å². The van der Waals surface area contributed by atoms with Gasteiger partial charge in [0.1, 0.15) is 18.2 Å². The van der Waals surface area contributed by atoms with Crippen LogP contribution >= 0.6 is 0 Å². The minimum atomic E-state index is -0.403. The Morgan fingerprint density at radius 2 is 1.65 bits per heavy atom. The lowest BCUT2D eigenvalue weighted by Crippen LogP contribution is -2.40. The number of hydrogen-bond donors (Lipinski definition) is 0. The molecule has 6 heteroatoms. The first-order chi connectivity index (χ1) is 12.5. The number of esters is 1. The van der Waals surface area contributed by atoms with Crippen LogP contribution in [0, 0.1) is 17.6 Å². The molecule has 2 aromatic rings. The van der Waals surface area contributed by atoms with E-state index in [1.165, 1.54) is 30.3 Å². The molecule has 2 aromatic carbocycles. The summed E-state index contributed by atoms with van der Waals surface area (Å²) < 4.78 is 31.7. The molecule has 0 radical (unpaired) electrons. The van der Waals surface area contributed by atoms with Crippen molar-refractivity contribution >= 4 is 11.9 Å². The molecule has 0 unspecified atom stereocenters. The number of hydrogen-bond acceptors (Lipinski definition) is 3. The lowest BCUT2D eigenvalue weighted by Gasteiger charge is -2.31. The second-order valence-electron chi connectivity index (χ2n) is 6.27. The van der Waals surface area contributed by atoms with Crippen molar-refractivity contribution in [2.24, 2.45) is 5.92 Å². The Kier molecular flexibility index (Phi) is 5.61. The van der Waals surface area contributed by atoms with Crippen LogP contribution in [0.15, 0.2) is 48.5 Å². The van der Waals surface area contributed by atoms with E-state index in [-0.39, 0.29) is 24.4 Å². The van der Waals surface area contributed by atoms with Crippen LogP contribution in [0.4, 0.5) is 8.78 Å². The number of likely N-dealkylation sites (tertiary alicyclic amines) is 1. The molecule has 0 atom stereocenters. The second kappa shape index (κ2) is 8.08.